The molecule has 10 heteroatoms. The number of rotatable bonds is 4. The highest BCUT2D eigenvalue weighted by Crippen LogP contribution is 2.39. The molecular formula is C22H25F5N4O. The summed E-state index contributed by atoms with van der Waals surface area (Å²) in [7, 11) is 0. The van der Waals surface area contributed by atoms with Gasteiger partial charge in [0.05, 0.1) is 23.7 Å². The maximum atomic E-state index is 14.0. The van der Waals surface area contributed by atoms with Crippen LogP contribution in [-0.4, -0.2) is 49.0 Å². The van der Waals surface area contributed by atoms with Crippen molar-refractivity contribution in [2.45, 2.75) is 37.9 Å². The lowest BCUT2D eigenvalue weighted by Gasteiger charge is -2.31. The molecule has 174 valence electrons. The van der Waals surface area contributed by atoms with Crippen LogP contribution in [0.1, 0.15) is 25.3 Å². The van der Waals surface area contributed by atoms with Crippen molar-refractivity contribution < 1.29 is 26.7 Å². The van der Waals surface area contributed by atoms with E-state index in [1.807, 2.05) is 11.8 Å². The first-order chi connectivity index (χ1) is 15.1. The number of carbonyl (C=O) groups excluding carboxylic acids is 1. The van der Waals surface area contributed by atoms with E-state index in [1.54, 1.807) is 12.1 Å². The molecule has 2 unspecified atom stereocenters. The van der Waals surface area contributed by atoms with Crippen LogP contribution in [0.5, 0.6) is 0 Å². The van der Waals surface area contributed by atoms with Gasteiger partial charge in [-0.15, -0.1) is 0 Å². The van der Waals surface area contributed by atoms with Gasteiger partial charge in [0, 0.05) is 42.7 Å². The zero-order chi connectivity index (χ0) is 23.1. The summed E-state index contributed by atoms with van der Waals surface area (Å²) in [5, 5.41) is 5.90. The van der Waals surface area contributed by atoms with Crippen molar-refractivity contribution in [2.24, 2.45) is 11.8 Å². The monoisotopic (exact) mass is 456 g/mol. The molecule has 0 bridgehead atoms. The van der Waals surface area contributed by atoms with E-state index in [2.05, 4.69) is 15.6 Å². The first-order valence-corrected chi connectivity index (χ1v) is 10.6. The summed E-state index contributed by atoms with van der Waals surface area (Å²) in [5.74, 6) is -4.34. The lowest BCUT2D eigenvalue weighted by molar-refractivity contribution is -0.136. The van der Waals surface area contributed by atoms with Gasteiger partial charge in [0.15, 0.2) is 0 Å². The number of pyridine rings is 1. The predicted octanol–water partition coefficient (Wildman–Crippen LogP) is 3.83. The highest BCUT2D eigenvalue weighted by atomic mass is 19.4. The number of hydrogen-bond donors (Lipinski definition) is 2. The van der Waals surface area contributed by atoms with Crippen molar-refractivity contribution in [1.29, 1.82) is 0 Å². The second kappa shape index (κ2) is 8.46. The number of benzene rings is 1. The van der Waals surface area contributed by atoms with Crippen molar-refractivity contribution in [3.8, 4) is 0 Å². The fourth-order valence-electron chi connectivity index (χ4n) is 4.64. The lowest BCUT2D eigenvalue weighted by atomic mass is 9.90. The summed E-state index contributed by atoms with van der Waals surface area (Å²) in [6.45, 7) is 2.85. The zero-order valence-electron chi connectivity index (χ0n) is 17.6. The van der Waals surface area contributed by atoms with Crippen molar-refractivity contribution in [2.75, 3.05) is 31.1 Å². The minimum absolute atomic E-state index is 0.00139. The summed E-state index contributed by atoms with van der Waals surface area (Å²) >= 11 is 0. The third-order valence-corrected chi connectivity index (χ3v) is 6.41. The summed E-state index contributed by atoms with van der Waals surface area (Å²) in [4.78, 5) is 18.4. The number of nitrogens with one attached hydrogen (secondary N) is 2. The van der Waals surface area contributed by atoms with Gasteiger partial charge in [-0.25, -0.2) is 8.78 Å². The molecule has 1 aromatic heterocycles. The van der Waals surface area contributed by atoms with Gasteiger partial charge in [0.2, 0.25) is 5.91 Å². The largest absolute Gasteiger partial charge is 0.418 e. The molecule has 2 fully saturated rings. The summed E-state index contributed by atoms with van der Waals surface area (Å²) < 4.78 is 68.2. The number of amides is 1. The normalized spacial score (nSPS) is 25.8. The Kier molecular flexibility index (Phi) is 6.00. The second-order valence-corrected chi connectivity index (χ2v) is 8.71. The quantitative estimate of drug-likeness (QED) is 0.687. The summed E-state index contributed by atoms with van der Waals surface area (Å²) in [6, 6.07) is 5.36. The van der Waals surface area contributed by atoms with Gasteiger partial charge >= 0.3 is 6.18 Å². The van der Waals surface area contributed by atoms with E-state index in [1.165, 1.54) is 12.3 Å². The van der Waals surface area contributed by atoms with Crippen molar-refractivity contribution in [1.82, 2.24) is 15.6 Å². The number of piperidine rings is 1. The first-order valence-electron chi connectivity index (χ1n) is 10.6. The average molecular weight is 456 g/mol. The Morgan fingerprint density at radius 2 is 2.06 bits per heavy atom. The van der Waals surface area contributed by atoms with Crippen molar-refractivity contribution in [3.63, 3.8) is 0 Å². The summed E-state index contributed by atoms with van der Waals surface area (Å²) in [6.07, 6.45) is -3.20. The van der Waals surface area contributed by atoms with Gasteiger partial charge in [0.25, 0.3) is 5.92 Å². The first kappa shape index (κ1) is 22.7. The van der Waals surface area contributed by atoms with E-state index < -0.39 is 36.0 Å². The number of nitrogens with zero attached hydrogens (tertiary/aromatic N) is 2. The van der Waals surface area contributed by atoms with Gasteiger partial charge in [-0.1, -0.05) is 6.92 Å². The van der Waals surface area contributed by atoms with Crippen LogP contribution in [-0.2, 0) is 11.0 Å². The van der Waals surface area contributed by atoms with E-state index in [0.717, 1.165) is 6.07 Å². The number of carbonyl (C=O) groups is 1. The lowest BCUT2D eigenvalue weighted by Crippen LogP contribution is -2.48. The maximum Gasteiger partial charge on any atom is 0.418 e. The molecule has 2 aliphatic rings. The number of anilines is 1. The van der Waals surface area contributed by atoms with Crippen LogP contribution in [0, 0.1) is 11.8 Å². The Bertz CT molecular complexity index is 996. The smallest absolute Gasteiger partial charge is 0.369 e. The molecule has 3 atom stereocenters. The number of halogens is 5. The Balaban J connectivity index is 1.49. The maximum absolute atomic E-state index is 14.0. The zero-order valence-corrected chi connectivity index (χ0v) is 17.6. The SMILES string of the molecule is C[C@@H]1CN(c2ccc(C(F)(F)F)c3ncccc23)CC1NC(=O)CC1CCNCC1(F)F. The van der Waals surface area contributed by atoms with E-state index >= 15 is 0 Å². The molecule has 2 N–H and O–H groups in total. The molecule has 0 saturated carbocycles. The van der Waals surface area contributed by atoms with Crippen LogP contribution in [0.25, 0.3) is 10.9 Å². The molecular weight excluding hydrogens is 431 g/mol. The molecule has 5 nitrogen and oxygen atoms in total. The number of alkyl halides is 5. The number of hydrogen-bond acceptors (Lipinski definition) is 4. The molecule has 1 aromatic carbocycles. The molecule has 2 aliphatic heterocycles. The van der Waals surface area contributed by atoms with Crippen molar-refractivity contribution in [3.05, 3.63) is 36.0 Å². The summed E-state index contributed by atoms with van der Waals surface area (Å²) in [5.41, 5.74) is -0.308. The number of fused-ring (bicyclic) bond motifs is 1. The molecule has 1 amide bonds. The number of aromatic nitrogens is 1. The van der Waals surface area contributed by atoms with E-state index in [4.69, 9.17) is 0 Å². The molecule has 32 heavy (non-hydrogen) atoms. The molecule has 3 heterocycles. The molecule has 0 radical (unpaired) electrons. The van der Waals surface area contributed by atoms with Gasteiger partial charge < -0.3 is 15.5 Å². The standard InChI is InChI=1S/C22H25F5N4O/c1-13-10-31(11-17(13)30-19(32)9-14-6-8-28-12-21(14,23)24)18-5-4-16(22(25,26)27)20-15(18)3-2-7-29-20/h2-5,7,13-14,17,28H,6,8-12H2,1H3,(H,30,32)/t13-,14?,17?/m1/s1. The van der Waals surface area contributed by atoms with Crippen LogP contribution in [0.15, 0.2) is 30.5 Å². The average Bonchev–Trinajstić information content (AvgIpc) is 3.08. The highest BCUT2D eigenvalue weighted by molar-refractivity contribution is 5.94. The van der Waals surface area contributed by atoms with Gasteiger partial charge in [-0.2, -0.15) is 13.2 Å². The van der Waals surface area contributed by atoms with Crippen LogP contribution in [0.3, 0.4) is 0 Å². The predicted molar refractivity (Wildman–Crippen MR) is 111 cm³/mol. The highest BCUT2D eigenvalue weighted by Gasteiger charge is 2.43. The van der Waals surface area contributed by atoms with E-state index in [0.29, 0.717) is 30.7 Å². The van der Waals surface area contributed by atoms with Crippen LogP contribution in [0.4, 0.5) is 27.6 Å². The molecule has 2 aromatic rings. The minimum atomic E-state index is -4.52. The van der Waals surface area contributed by atoms with Crippen molar-refractivity contribution >= 4 is 22.5 Å². The Labute approximate surface area is 182 Å². The fraction of sp³-hybridized carbons (Fsp3) is 0.545. The minimum Gasteiger partial charge on any atom is -0.369 e. The Hall–Kier alpha value is -2.49. The van der Waals surface area contributed by atoms with Gasteiger partial charge in [-0.3, -0.25) is 9.78 Å². The molecule has 0 aliphatic carbocycles. The molecule has 2 saturated heterocycles. The molecule has 4 rings (SSSR count). The van der Waals surface area contributed by atoms with Crippen LogP contribution < -0.4 is 15.5 Å². The van der Waals surface area contributed by atoms with E-state index in [-0.39, 0.29) is 30.3 Å². The van der Waals surface area contributed by atoms with E-state index in [9.17, 15) is 26.7 Å². The Morgan fingerprint density at radius 3 is 2.78 bits per heavy atom. The third kappa shape index (κ3) is 4.51. The second-order valence-electron chi connectivity index (χ2n) is 8.71. The van der Waals surface area contributed by atoms with Gasteiger partial charge in [-0.05, 0) is 43.1 Å². The molecule has 0 spiro atoms. The Morgan fingerprint density at radius 1 is 1.28 bits per heavy atom. The topological polar surface area (TPSA) is 57.3 Å². The van der Waals surface area contributed by atoms with Crippen LogP contribution >= 0.6 is 0 Å². The fourth-order valence-corrected chi connectivity index (χ4v) is 4.64. The third-order valence-electron chi connectivity index (χ3n) is 6.41. The van der Waals surface area contributed by atoms with Gasteiger partial charge in [0.1, 0.15) is 0 Å². The van der Waals surface area contributed by atoms with Crippen LogP contribution in [0.2, 0.25) is 0 Å².